The molecule has 0 aliphatic rings. The average Bonchev–Trinajstić information content (AvgIpc) is 2.61. The van der Waals surface area contributed by atoms with E-state index in [-0.39, 0.29) is 6.54 Å². The molecule has 0 saturated heterocycles. The Labute approximate surface area is 140 Å². The number of rotatable bonds is 6. The van der Waals surface area contributed by atoms with Crippen molar-refractivity contribution in [3.05, 3.63) is 59.8 Å². The molecule has 2 amide bonds. The molecule has 0 fully saturated rings. The first-order valence-corrected chi connectivity index (χ1v) is 7.45. The lowest BCUT2D eigenvalue weighted by Crippen LogP contribution is -2.47. The van der Waals surface area contributed by atoms with Gasteiger partial charge < -0.3 is 21.1 Å². The molecule has 7 nitrogen and oxygen atoms in total. The van der Waals surface area contributed by atoms with Gasteiger partial charge in [-0.3, -0.25) is 0 Å². The monoisotopic (exact) mass is 328 g/mol. The van der Waals surface area contributed by atoms with Crippen LogP contribution in [0.25, 0.3) is 0 Å². The molecule has 4 N–H and O–H groups in total. The highest BCUT2D eigenvalue weighted by molar-refractivity contribution is 5.83. The van der Waals surface area contributed by atoms with Gasteiger partial charge >= 0.3 is 12.0 Å². The molecule has 0 aliphatic heterocycles. The van der Waals surface area contributed by atoms with Gasteiger partial charge in [-0.2, -0.15) is 0 Å². The van der Waals surface area contributed by atoms with Crippen LogP contribution in [0, 0.1) is 0 Å². The highest BCUT2D eigenvalue weighted by Crippen LogP contribution is 2.05. The van der Waals surface area contributed by atoms with Crippen LogP contribution in [0.3, 0.4) is 0 Å². The molecular formula is C17H20N4O3. The number of carbonyl (C=O) groups is 2. The molecule has 1 unspecified atom stereocenters. The van der Waals surface area contributed by atoms with Crippen molar-refractivity contribution in [2.24, 2.45) is 0 Å². The average molecular weight is 328 g/mol. The molecule has 24 heavy (non-hydrogen) atoms. The van der Waals surface area contributed by atoms with Crippen LogP contribution < -0.4 is 16.4 Å². The van der Waals surface area contributed by atoms with E-state index in [0.717, 1.165) is 11.1 Å². The quantitative estimate of drug-likeness (QED) is 0.692. The molecule has 2 rings (SSSR count). The van der Waals surface area contributed by atoms with Gasteiger partial charge in [0.25, 0.3) is 0 Å². The molecular weight excluding hydrogens is 308 g/mol. The van der Waals surface area contributed by atoms with E-state index >= 15 is 0 Å². The third-order valence-electron chi connectivity index (χ3n) is 3.37. The number of hydrogen-bond donors (Lipinski definition) is 3. The predicted molar refractivity (Wildman–Crippen MR) is 90.0 cm³/mol. The van der Waals surface area contributed by atoms with Crippen LogP contribution in [0.2, 0.25) is 0 Å². The minimum Gasteiger partial charge on any atom is -0.467 e. The lowest BCUT2D eigenvalue weighted by Gasteiger charge is -2.17. The number of carbonyl (C=O) groups excluding carboxylic acids is 2. The highest BCUT2D eigenvalue weighted by Gasteiger charge is 2.21. The number of hydrogen-bond acceptors (Lipinski definition) is 5. The standard InChI is InChI=1S/C17H20N4O3/c1-24-16(22)14(9-12-5-3-2-4-6-12)21-17(23)20-11-13-7-8-15(18)19-10-13/h2-8,10,14H,9,11H2,1H3,(H2,18,19)(H2,20,21,23). The zero-order valence-corrected chi connectivity index (χ0v) is 13.4. The number of nitrogens with zero attached hydrogens (tertiary/aromatic N) is 1. The number of nitrogens with two attached hydrogens (primary N) is 1. The molecule has 126 valence electrons. The van der Waals surface area contributed by atoms with Crippen molar-refractivity contribution in [2.75, 3.05) is 12.8 Å². The second kappa shape index (κ2) is 8.52. The Morgan fingerprint density at radius 2 is 1.92 bits per heavy atom. The van der Waals surface area contributed by atoms with Crippen molar-refractivity contribution in [3.8, 4) is 0 Å². The summed E-state index contributed by atoms with van der Waals surface area (Å²) in [5.41, 5.74) is 7.24. The SMILES string of the molecule is COC(=O)C(Cc1ccccc1)NC(=O)NCc1ccc(N)nc1. The second-order valence-electron chi connectivity index (χ2n) is 5.18. The first-order chi connectivity index (χ1) is 11.6. The number of anilines is 1. The van der Waals surface area contributed by atoms with Gasteiger partial charge in [-0.1, -0.05) is 36.4 Å². The summed E-state index contributed by atoms with van der Waals surface area (Å²) in [6.45, 7) is 0.276. The van der Waals surface area contributed by atoms with E-state index in [2.05, 4.69) is 15.6 Å². The number of pyridine rings is 1. The van der Waals surface area contributed by atoms with Gasteiger partial charge in [0.15, 0.2) is 0 Å². The second-order valence-corrected chi connectivity index (χ2v) is 5.18. The first kappa shape index (κ1) is 17.3. The Balaban J connectivity index is 1.91. The summed E-state index contributed by atoms with van der Waals surface area (Å²) in [5, 5.41) is 5.30. The third-order valence-corrected chi connectivity index (χ3v) is 3.37. The number of nitrogen functional groups attached to an aromatic ring is 1. The van der Waals surface area contributed by atoms with Gasteiger partial charge in [0.2, 0.25) is 0 Å². The fourth-order valence-corrected chi connectivity index (χ4v) is 2.12. The zero-order valence-electron chi connectivity index (χ0n) is 13.4. The maximum Gasteiger partial charge on any atom is 0.328 e. The molecule has 0 saturated carbocycles. The number of amides is 2. The Bertz CT molecular complexity index is 674. The summed E-state index contributed by atoms with van der Waals surface area (Å²) < 4.78 is 4.76. The van der Waals surface area contributed by atoms with E-state index in [4.69, 9.17) is 10.5 Å². The number of methoxy groups -OCH3 is 1. The Morgan fingerprint density at radius 1 is 1.17 bits per heavy atom. The minimum absolute atomic E-state index is 0.276. The summed E-state index contributed by atoms with van der Waals surface area (Å²) in [6, 6.07) is 11.6. The zero-order chi connectivity index (χ0) is 17.4. The maximum absolute atomic E-state index is 12.0. The summed E-state index contributed by atoms with van der Waals surface area (Å²) in [5.74, 6) is -0.0834. The first-order valence-electron chi connectivity index (χ1n) is 7.45. The lowest BCUT2D eigenvalue weighted by atomic mass is 10.1. The summed E-state index contributed by atoms with van der Waals surface area (Å²) in [4.78, 5) is 27.9. The van der Waals surface area contributed by atoms with Crippen LogP contribution in [0.15, 0.2) is 48.7 Å². The third kappa shape index (κ3) is 5.28. The van der Waals surface area contributed by atoms with Crippen molar-refractivity contribution >= 4 is 17.8 Å². The number of aromatic nitrogens is 1. The van der Waals surface area contributed by atoms with Gasteiger partial charge in [-0.25, -0.2) is 14.6 Å². The number of esters is 1. The van der Waals surface area contributed by atoms with Gasteiger partial charge in [0.05, 0.1) is 7.11 Å². The van der Waals surface area contributed by atoms with Gasteiger partial charge in [-0.05, 0) is 17.2 Å². The van der Waals surface area contributed by atoms with Crippen LogP contribution in [0.4, 0.5) is 10.6 Å². The maximum atomic E-state index is 12.0. The Hall–Kier alpha value is -3.09. The number of nitrogens with one attached hydrogen (secondary N) is 2. The van der Waals surface area contributed by atoms with Crippen molar-refractivity contribution < 1.29 is 14.3 Å². The molecule has 1 heterocycles. The number of urea groups is 1. The van der Waals surface area contributed by atoms with Crippen molar-refractivity contribution in [1.29, 1.82) is 0 Å². The molecule has 1 atom stereocenters. The molecule has 1 aromatic heterocycles. The minimum atomic E-state index is -0.762. The van der Waals surface area contributed by atoms with Crippen molar-refractivity contribution in [3.63, 3.8) is 0 Å². The highest BCUT2D eigenvalue weighted by atomic mass is 16.5. The van der Waals surface area contributed by atoms with Crippen molar-refractivity contribution in [2.45, 2.75) is 19.0 Å². The smallest absolute Gasteiger partial charge is 0.328 e. The fourth-order valence-electron chi connectivity index (χ4n) is 2.12. The number of ether oxygens (including phenoxy) is 1. The Kier molecular flexibility index (Phi) is 6.13. The van der Waals surface area contributed by atoms with Crippen LogP contribution >= 0.6 is 0 Å². The normalized spacial score (nSPS) is 11.4. The topological polar surface area (TPSA) is 106 Å². The Morgan fingerprint density at radius 3 is 2.54 bits per heavy atom. The van der Waals surface area contributed by atoms with Crippen LogP contribution in [-0.2, 0) is 22.5 Å². The van der Waals surface area contributed by atoms with Gasteiger partial charge in [0, 0.05) is 19.2 Å². The van der Waals surface area contributed by atoms with Crippen LogP contribution in [0.5, 0.6) is 0 Å². The molecule has 0 aliphatic carbocycles. The molecule has 0 radical (unpaired) electrons. The van der Waals surface area contributed by atoms with E-state index < -0.39 is 18.0 Å². The van der Waals surface area contributed by atoms with Gasteiger partial charge in [0.1, 0.15) is 11.9 Å². The van der Waals surface area contributed by atoms with E-state index in [1.165, 1.54) is 7.11 Å². The molecule has 2 aromatic rings. The summed E-state index contributed by atoms with van der Waals surface area (Å²) in [6.07, 6.45) is 1.93. The van der Waals surface area contributed by atoms with Crippen LogP contribution in [0.1, 0.15) is 11.1 Å². The summed E-state index contributed by atoms with van der Waals surface area (Å²) in [7, 11) is 1.29. The largest absolute Gasteiger partial charge is 0.467 e. The van der Waals surface area contributed by atoms with E-state index in [9.17, 15) is 9.59 Å². The van der Waals surface area contributed by atoms with E-state index in [0.29, 0.717) is 12.2 Å². The molecule has 0 spiro atoms. The molecule has 1 aromatic carbocycles. The molecule has 0 bridgehead atoms. The van der Waals surface area contributed by atoms with E-state index in [1.807, 2.05) is 30.3 Å². The van der Waals surface area contributed by atoms with Gasteiger partial charge in [-0.15, -0.1) is 0 Å². The van der Waals surface area contributed by atoms with Crippen LogP contribution in [-0.4, -0.2) is 30.1 Å². The lowest BCUT2D eigenvalue weighted by molar-refractivity contribution is -0.142. The molecule has 7 heteroatoms. The summed E-state index contributed by atoms with van der Waals surface area (Å²) >= 11 is 0. The van der Waals surface area contributed by atoms with E-state index in [1.54, 1.807) is 18.3 Å². The predicted octanol–water partition coefficient (Wildman–Crippen LogP) is 1.25. The number of benzene rings is 1. The van der Waals surface area contributed by atoms with Crippen molar-refractivity contribution in [1.82, 2.24) is 15.6 Å². The fraction of sp³-hybridized carbons (Fsp3) is 0.235.